The molecule has 7 rings (SSSR count). The van der Waals surface area contributed by atoms with Crippen molar-refractivity contribution in [2.45, 2.75) is 26.2 Å². The summed E-state index contributed by atoms with van der Waals surface area (Å²) >= 11 is 0. The molecule has 0 N–H and O–H groups in total. The van der Waals surface area contributed by atoms with Crippen molar-refractivity contribution in [2.75, 3.05) is 0 Å². The van der Waals surface area contributed by atoms with Crippen LogP contribution in [-0.4, -0.2) is 11.5 Å². The molecule has 46 heavy (non-hydrogen) atoms. The van der Waals surface area contributed by atoms with Crippen LogP contribution < -0.4 is 0 Å². The molecule has 0 atom stereocenters. The number of hydrogen-bond donors (Lipinski definition) is 0. The molecule has 0 fully saturated rings. The van der Waals surface area contributed by atoms with Crippen LogP contribution in [0.15, 0.2) is 168 Å². The Bertz CT molecular complexity index is 2100. The monoisotopic (exact) mass is 592 g/mol. The Labute approximate surface area is 272 Å². The van der Waals surface area contributed by atoms with E-state index in [4.69, 9.17) is 9.98 Å². The summed E-state index contributed by atoms with van der Waals surface area (Å²) in [7, 11) is 0. The van der Waals surface area contributed by atoms with Crippen molar-refractivity contribution in [2.24, 2.45) is 9.98 Å². The van der Waals surface area contributed by atoms with Crippen LogP contribution in [-0.2, 0) is 5.41 Å². The van der Waals surface area contributed by atoms with Crippen molar-refractivity contribution in [3.63, 3.8) is 0 Å². The van der Waals surface area contributed by atoms with Crippen molar-refractivity contribution < 1.29 is 0 Å². The number of benzene rings is 6. The molecule has 0 radical (unpaired) electrons. The van der Waals surface area contributed by atoms with Gasteiger partial charge in [0.2, 0.25) is 0 Å². The van der Waals surface area contributed by atoms with Gasteiger partial charge in [0.1, 0.15) is 0 Å². The van der Waals surface area contributed by atoms with Crippen LogP contribution in [0.4, 0.5) is 0 Å². The van der Waals surface area contributed by atoms with Gasteiger partial charge in [-0.1, -0.05) is 172 Å². The standard InChI is InChI=1S/C44H36N2/c1-30(32-14-7-5-8-15-32)45-43(46-31(2)33-22-24-35(25-23-33)34-16-9-6-10-17-34)37-28-26-36(27-29-37)38-19-13-20-40-39-18-11-12-21-41(39)44(3,4)42(38)40/h5-29H,2H2,1,3-4H3/b45-30+,46-43-. The van der Waals surface area contributed by atoms with Gasteiger partial charge in [-0.25, -0.2) is 9.98 Å². The van der Waals surface area contributed by atoms with Crippen molar-refractivity contribution in [3.05, 3.63) is 186 Å². The molecule has 0 amide bonds. The van der Waals surface area contributed by atoms with E-state index in [1.807, 2.05) is 31.2 Å². The maximum atomic E-state index is 5.06. The first-order valence-electron chi connectivity index (χ1n) is 15.8. The summed E-state index contributed by atoms with van der Waals surface area (Å²) in [5.41, 5.74) is 14.6. The molecular weight excluding hydrogens is 556 g/mol. The summed E-state index contributed by atoms with van der Waals surface area (Å²) in [5.74, 6) is 0.635. The van der Waals surface area contributed by atoms with Gasteiger partial charge in [0.15, 0.2) is 5.84 Å². The van der Waals surface area contributed by atoms with E-state index in [1.54, 1.807) is 0 Å². The lowest BCUT2D eigenvalue weighted by molar-refractivity contribution is 0.662. The number of aliphatic imine (C=N–C) groups is 2. The summed E-state index contributed by atoms with van der Waals surface area (Å²) in [6.07, 6.45) is 0. The third-order valence-electron chi connectivity index (χ3n) is 9.07. The smallest absolute Gasteiger partial charge is 0.160 e. The Morgan fingerprint density at radius 2 is 1.02 bits per heavy atom. The third-order valence-corrected chi connectivity index (χ3v) is 9.07. The summed E-state index contributed by atoms with van der Waals surface area (Å²) in [5, 5.41) is 0. The molecule has 0 aromatic heterocycles. The SMILES string of the molecule is C=C(/N=C(\N=C(/C)c1ccccc1)c1ccc(-c2cccc3c2C(C)(C)c2ccccc2-3)cc1)c1ccc(-c2ccccc2)cc1. The molecule has 6 aromatic carbocycles. The molecule has 0 unspecified atom stereocenters. The molecule has 0 saturated carbocycles. The molecule has 222 valence electrons. The van der Waals surface area contributed by atoms with Crippen molar-refractivity contribution in [1.82, 2.24) is 0 Å². The molecule has 6 aromatic rings. The normalized spacial score (nSPS) is 13.6. The minimum absolute atomic E-state index is 0.0846. The van der Waals surface area contributed by atoms with Crippen LogP contribution >= 0.6 is 0 Å². The highest BCUT2D eigenvalue weighted by Gasteiger charge is 2.37. The first-order valence-corrected chi connectivity index (χ1v) is 15.8. The predicted molar refractivity (Wildman–Crippen MR) is 196 cm³/mol. The van der Waals surface area contributed by atoms with Crippen molar-refractivity contribution >= 4 is 17.2 Å². The van der Waals surface area contributed by atoms with Gasteiger partial charge in [-0.15, -0.1) is 0 Å². The zero-order valence-corrected chi connectivity index (χ0v) is 26.5. The lowest BCUT2D eigenvalue weighted by Crippen LogP contribution is -2.16. The maximum absolute atomic E-state index is 5.06. The molecule has 1 aliphatic rings. The zero-order chi connectivity index (χ0) is 31.7. The highest BCUT2D eigenvalue weighted by atomic mass is 14.9. The van der Waals surface area contributed by atoms with E-state index < -0.39 is 0 Å². The van der Waals surface area contributed by atoms with Gasteiger partial charge in [0, 0.05) is 16.7 Å². The maximum Gasteiger partial charge on any atom is 0.160 e. The van der Waals surface area contributed by atoms with E-state index in [0.29, 0.717) is 11.5 Å². The molecule has 0 saturated heterocycles. The minimum Gasteiger partial charge on any atom is -0.233 e. The Hall–Kier alpha value is -5.60. The summed E-state index contributed by atoms with van der Waals surface area (Å²) in [6, 6.07) is 53.2. The molecule has 0 heterocycles. The van der Waals surface area contributed by atoms with Crippen LogP contribution in [0, 0.1) is 0 Å². The second-order valence-corrected chi connectivity index (χ2v) is 12.4. The van der Waals surface area contributed by atoms with E-state index >= 15 is 0 Å². The van der Waals surface area contributed by atoms with Crippen LogP contribution in [0.5, 0.6) is 0 Å². The van der Waals surface area contributed by atoms with E-state index in [-0.39, 0.29) is 5.41 Å². The Kier molecular flexibility index (Phi) is 7.64. The Balaban J connectivity index is 1.26. The van der Waals surface area contributed by atoms with Crippen LogP contribution in [0.2, 0.25) is 0 Å². The highest BCUT2D eigenvalue weighted by molar-refractivity contribution is 6.12. The Morgan fingerprint density at radius 3 is 1.74 bits per heavy atom. The summed E-state index contributed by atoms with van der Waals surface area (Å²) in [4.78, 5) is 10.1. The van der Waals surface area contributed by atoms with E-state index in [0.717, 1.165) is 28.0 Å². The zero-order valence-electron chi connectivity index (χ0n) is 26.5. The molecule has 2 heteroatoms. The number of amidine groups is 1. The van der Waals surface area contributed by atoms with Crippen molar-refractivity contribution in [3.8, 4) is 33.4 Å². The van der Waals surface area contributed by atoms with Gasteiger partial charge in [-0.3, -0.25) is 0 Å². The van der Waals surface area contributed by atoms with Gasteiger partial charge < -0.3 is 0 Å². The fraction of sp³-hybridized carbons (Fsp3) is 0.0909. The molecular formula is C44H36N2. The first kappa shape index (κ1) is 29.1. The molecule has 0 bridgehead atoms. The summed E-state index contributed by atoms with van der Waals surface area (Å²) in [6.45, 7) is 11.1. The molecule has 0 aliphatic heterocycles. The third kappa shape index (κ3) is 5.44. The first-order chi connectivity index (χ1) is 22.4. The van der Waals surface area contributed by atoms with Gasteiger partial charge >= 0.3 is 0 Å². The van der Waals surface area contributed by atoms with Gasteiger partial charge in [0.05, 0.1) is 5.70 Å². The Morgan fingerprint density at radius 1 is 0.478 bits per heavy atom. The van der Waals surface area contributed by atoms with E-state index in [9.17, 15) is 0 Å². The van der Waals surface area contributed by atoms with E-state index in [1.165, 1.54) is 38.9 Å². The van der Waals surface area contributed by atoms with Crippen molar-refractivity contribution in [1.29, 1.82) is 0 Å². The number of fused-ring (bicyclic) bond motifs is 3. The average molecular weight is 593 g/mol. The lowest BCUT2D eigenvalue weighted by Gasteiger charge is -2.24. The summed E-state index contributed by atoms with van der Waals surface area (Å²) < 4.78 is 0. The van der Waals surface area contributed by atoms with Crippen LogP contribution in [0.3, 0.4) is 0 Å². The van der Waals surface area contributed by atoms with E-state index in [2.05, 4.69) is 148 Å². The molecule has 2 nitrogen and oxygen atoms in total. The average Bonchev–Trinajstić information content (AvgIpc) is 3.35. The number of hydrogen-bond acceptors (Lipinski definition) is 1. The van der Waals surface area contributed by atoms with Gasteiger partial charge in [-0.05, 0) is 62.6 Å². The largest absolute Gasteiger partial charge is 0.233 e. The number of rotatable bonds is 6. The number of nitrogens with zero attached hydrogens (tertiary/aromatic N) is 2. The second-order valence-electron chi connectivity index (χ2n) is 12.4. The fourth-order valence-electron chi connectivity index (χ4n) is 6.62. The quantitative estimate of drug-likeness (QED) is 0.136. The van der Waals surface area contributed by atoms with Gasteiger partial charge in [0.25, 0.3) is 0 Å². The topological polar surface area (TPSA) is 24.7 Å². The second kappa shape index (κ2) is 12.1. The molecule has 1 aliphatic carbocycles. The van der Waals surface area contributed by atoms with Crippen LogP contribution in [0.25, 0.3) is 39.1 Å². The predicted octanol–water partition coefficient (Wildman–Crippen LogP) is 11.3. The fourth-order valence-corrected chi connectivity index (χ4v) is 6.62. The minimum atomic E-state index is -0.0846. The highest BCUT2D eigenvalue weighted by Crippen LogP contribution is 2.51. The van der Waals surface area contributed by atoms with Gasteiger partial charge in [-0.2, -0.15) is 0 Å². The van der Waals surface area contributed by atoms with Crippen LogP contribution in [0.1, 0.15) is 48.6 Å². The lowest BCUT2D eigenvalue weighted by atomic mass is 9.79. The molecule has 0 spiro atoms.